The Balaban J connectivity index is 0. The van der Waals surface area contributed by atoms with Crippen molar-refractivity contribution in [3.05, 3.63) is 0 Å². The van der Waals surface area contributed by atoms with Crippen LogP contribution in [0.3, 0.4) is 0 Å². The molecule has 1 radical (unpaired) electrons. The number of hydrogen-bond acceptors (Lipinski definition) is 4. The maximum atomic E-state index is 11.0. The van der Waals surface area contributed by atoms with Gasteiger partial charge in [-0.3, -0.25) is 4.79 Å². The van der Waals surface area contributed by atoms with Crippen molar-refractivity contribution in [1.82, 2.24) is 0 Å². The van der Waals surface area contributed by atoms with Crippen molar-refractivity contribution in [3.63, 3.8) is 0 Å². The van der Waals surface area contributed by atoms with E-state index in [1.54, 1.807) is 0 Å². The van der Waals surface area contributed by atoms with E-state index in [0.29, 0.717) is 0 Å². The fourth-order valence-electron chi connectivity index (χ4n) is 2.82. The molecule has 0 aliphatic rings. The Morgan fingerprint density at radius 3 is 1.38 bits per heavy atom. The summed E-state index contributed by atoms with van der Waals surface area (Å²) >= 11 is 0. The zero-order chi connectivity index (χ0) is 17.2. The van der Waals surface area contributed by atoms with Crippen LogP contribution in [0.25, 0.3) is 0 Å². The number of carbonyl (C=O) groups is 1. The van der Waals surface area contributed by atoms with Gasteiger partial charge in [0.05, 0.1) is 0 Å². The zero-order valence-corrected chi connectivity index (χ0v) is 16.9. The summed E-state index contributed by atoms with van der Waals surface area (Å²) in [7, 11) is -1.97. The van der Waals surface area contributed by atoms with E-state index in [4.69, 9.17) is 10.0 Å². The van der Waals surface area contributed by atoms with Crippen molar-refractivity contribution in [3.8, 4) is 0 Å². The first-order valence-corrected chi connectivity index (χ1v) is 9.72. The van der Waals surface area contributed by atoms with Gasteiger partial charge in [0.2, 0.25) is 0 Å². The standard InChI is InChI=1S/C18H37BO4.Ag/c1-2-3-4-5-6-7-8-9-10-11-12-13-14-15-16-17-18(20)23-19(21)22;/h21-22H,2-17H2,1H3;. The third-order valence-corrected chi connectivity index (χ3v) is 4.22. The molecule has 0 saturated heterocycles. The molecule has 0 aromatic rings. The first-order valence-electron chi connectivity index (χ1n) is 9.72. The second-order valence-corrected chi connectivity index (χ2v) is 6.52. The van der Waals surface area contributed by atoms with Crippen LogP contribution in [0.4, 0.5) is 0 Å². The smallest absolute Gasteiger partial charge is 0.485 e. The summed E-state index contributed by atoms with van der Waals surface area (Å²) in [5, 5.41) is 16.9. The van der Waals surface area contributed by atoms with Crippen molar-refractivity contribution in [2.45, 2.75) is 110 Å². The molecule has 0 atom stereocenters. The Labute approximate surface area is 164 Å². The Morgan fingerprint density at radius 1 is 0.708 bits per heavy atom. The molecule has 147 valence electrons. The van der Waals surface area contributed by atoms with E-state index in [2.05, 4.69) is 11.6 Å². The van der Waals surface area contributed by atoms with Crippen molar-refractivity contribution >= 4 is 13.3 Å². The summed E-state index contributed by atoms with van der Waals surface area (Å²) in [6.45, 7) is 2.26. The molecule has 0 fully saturated rings. The minimum absolute atomic E-state index is 0. The number of hydrogen-bond donors (Lipinski definition) is 2. The molecule has 24 heavy (non-hydrogen) atoms. The van der Waals surface area contributed by atoms with Gasteiger partial charge in [-0.15, -0.1) is 0 Å². The van der Waals surface area contributed by atoms with Crippen molar-refractivity contribution in [2.24, 2.45) is 0 Å². The summed E-state index contributed by atoms with van der Waals surface area (Å²) in [6, 6.07) is 0. The summed E-state index contributed by atoms with van der Waals surface area (Å²) in [4.78, 5) is 11.0. The molecule has 6 heteroatoms. The molecule has 0 aromatic heterocycles. The SMILES string of the molecule is CCCCCCCCCCCCCCCCCC(=O)OB(O)O.[Ag]. The molecule has 0 aliphatic carbocycles. The van der Waals surface area contributed by atoms with Gasteiger partial charge in [-0.25, -0.2) is 0 Å². The van der Waals surface area contributed by atoms with Gasteiger partial charge in [-0.2, -0.15) is 0 Å². The average Bonchev–Trinajstić information content (AvgIpc) is 2.50. The van der Waals surface area contributed by atoms with Crippen LogP contribution in [0.1, 0.15) is 110 Å². The van der Waals surface area contributed by atoms with E-state index < -0.39 is 13.3 Å². The predicted octanol–water partition coefficient (Wildman–Crippen LogP) is 4.76. The Hall–Kier alpha value is 0.195. The quantitative estimate of drug-likeness (QED) is 0.255. The number of rotatable bonds is 17. The molecule has 0 bridgehead atoms. The van der Waals surface area contributed by atoms with Gasteiger partial charge in [0, 0.05) is 28.8 Å². The average molecular weight is 436 g/mol. The van der Waals surface area contributed by atoms with Crippen LogP contribution in [0.5, 0.6) is 0 Å². The van der Waals surface area contributed by atoms with E-state index >= 15 is 0 Å². The molecule has 0 heterocycles. The largest absolute Gasteiger partial charge is 0.709 e. The normalized spacial score (nSPS) is 10.3. The number of carbonyl (C=O) groups excluding carboxylic acids is 1. The van der Waals surface area contributed by atoms with E-state index in [-0.39, 0.29) is 28.8 Å². The molecule has 0 aromatic carbocycles. The van der Waals surface area contributed by atoms with Crippen molar-refractivity contribution in [2.75, 3.05) is 0 Å². The van der Waals surface area contributed by atoms with E-state index in [9.17, 15) is 4.79 Å². The van der Waals surface area contributed by atoms with E-state index in [1.165, 1.54) is 77.0 Å². The topological polar surface area (TPSA) is 66.8 Å². The summed E-state index contributed by atoms with van der Waals surface area (Å²) in [5.74, 6) is -0.533. The Bertz CT molecular complexity index is 265. The monoisotopic (exact) mass is 435 g/mol. The van der Waals surface area contributed by atoms with Crippen molar-refractivity contribution in [1.29, 1.82) is 0 Å². The molecule has 0 rings (SSSR count). The van der Waals surface area contributed by atoms with Gasteiger partial charge in [0.1, 0.15) is 0 Å². The minimum atomic E-state index is -1.97. The molecule has 4 nitrogen and oxygen atoms in total. The molecule has 0 aliphatic heterocycles. The fourth-order valence-corrected chi connectivity index (χ4v) is 2.82. The maximum absolute atomic E-state index is 11.0. The van der Waals surface area contributed by atoms with Crippen LogP contribution in [-0.4, -0.2) is 23.3 Å². The molecule has 0 amide bonds. The molecule has 0 saturated carbocycles. The Kier molecular flexibility index (Phi) is 23.4. The first kappa shape index (κ1) is 26.4. The van der Waals surface area contributed by atoms with Gasteiger partial charge in [-0.1, -0.05) is 96.8 Å². The molecule has 0 spiro atoms. The summed E-state index contributed by atoms with van der Waals surface area (Å²) in [6.07, 6.45) is 19.5. The second-order valence-electron chi connectivity index (χ2n) is 6.52. The van der Waals surface area contributed by atoms with Crippen LogP contribution in [0, 0.1) is 0 Å². The van der Waals surface area contributed by atoms with E-state index in [1.807, 2.05) is 0 Å². The zero-order valence-electron chi connectivity index (χ0n) is 15.4. The number of unbranched alkanes of at least 4 members (excludes halogenated alkanes) is 14. The van der Waals surface area contributed by atoms with Gasteiger partial charge >= 0.3 is 7.32 Å². The van der Waals surface area contributed by atoms with Gasteiger partial charge in [0.25, 0.3) is 5.97 Å². The third kappa shape index (κ3) is 22.2. The second kappa shape index (κ2) is 21.2. The van der Waals surface area contributed by atoms with Crippen LogP contribution in [-0.2, 0) is 31.8 Å². The summed E-state index contributed by atoms with van der Waals surface area (Å²) in [5.41, 5.74) is 0. The molecular weight excluding hydrogens is 399 g/mol. The van der Waals surface area contributed by atoms with Crippen LogP contribution >= 0.6 is 0 Å². The minimum Gasteiger partial charge on any atom is -0.485 e. The Morgan fingerprint density at radius 2 is 1.04 bits per heavy atom. The molecule has 2 N–H and O–H groups in total. The van der Waals surface area contributed by atoms with Crippen LogP contribution < -0.4 is 0 Å². The third-order valence-electron chi connectivity index (χ3n) is 4.22. The van der Waals surface area contributed by atoms with E-state index in [0.717, 1.165) is 19.3 Å². The van der Waals surface area contributed by atoms with Gasteiger partial charge < -0.3 is 14.7 Å². The maximum Gasteiger partial charge on any atom is 0.709 e. The first-order chi connectivity index (χ1) is 11.2. The van der Waals surface area contributed by atoms with Gasteiger partial charge in [0.15, 0.2) is 0 Å². The predicted molar refractivity (Wildman–Crippen MR) is 95.8 cm³/mol. The molecular formula is C18H37AgBO4. The van der Waals surface area contributed by atoms with Crippen molar-refractivity contribution < 1.29 is 41.9 Å². The fraction of sp³-hybridized carbons (Fsp3) is 0.944. The van der Waals surface area contributed by atoms with Gasteiger partial charge in [-0.05, 0) is 6.42 Å². The van der Waals surface area contributed by atoms with Crippen LogP contribution in [0.2, 0.25) is 0 Å². The van der Waals surface area contributed by atoms with Crippen LogP contribution in [0.15, 0.2) is 0 Å². The summed E-state index contributed by atoms with van der Waals surface area (Å²) < 4.78 is 4.24. The molecule has 0 unspecified atom stereocenters.